The molecule has 0 atom stereocenters. The van der Waals surface area contributed by atoms with Crippen LogP contribution >= 0.6 is 0 Å². The second kappa shape index (κ2) is 11.3. The molecule has 0 saturated carbocycles. The van der Waals surface area contributed by atoms with Crippen LogP contribution in [0.1, 0.15) is 19.4 Å². The number of anilines is 1. The number of nitriles is 1. The van der Waals surface area contributed by atoms with Crippen molar-refractivity contribution >= 4 is 21.6 Å². The quantitative estimate of drug-likeness (QED) is 0.462. The molecular formula is C25H25N3O5S. The third-order valence-electron chi connectivity index (χ3n) is 4.89. The molecule has 0 aliphatic rings. The maximum atomic E-state index is 13.0. The Morgan fingerprint density at radius 3 is 2.26 bits per heavy atom. The minimum atomic E-state index is -3.74. The molecule has 0 heterocycles. The summed E-state index contributed by atoms with van der Waals surface area (Å²) in [6, 6.07) is 21.7. The van der Waals surface area contributed by atoms with Gasteiger partial charge in [0.25, 0.3) is 5.91 Å². The Morgan fingerprint density at radius 2 is 1.65 bits per heavy atom. The molecule has 0 radical (unpaired) electrons. The van der Waals surface area contributed by atoms with E-state index in [1.165, 1.54) is 22.5 Å². The molecule has 34 heavy (non-hydrogen) atoms. The highest BCUT2D eigenvalue weighted by atomic mass is 32.2. The summed E-state index contributed by atoms with van der Waals surface area (Å²) in [5.74, 6) is 0.745. The number of ether oxygens (including phenoxy) is 2. The van der Waals surface area contributed by atoms with E-state index in [4.69, 9.17) is 14.7 Å². The minimum absolute atomic E-state index is 0.0416. The minimum Gasteiger partial charge on any atom is -0.484 e. The van der Waals surface area contributed by atoms with Gasteiger partial charge in [0.2, 0.25) is 10.0 Å². The molecule has 0 spiro atoms. The van der Waals surface area contributed by atoms with Crippen molar-refractivity contribution in [3.63, 3.8) is 0 Å². The first-order valence-corrected chi connectivity index (χ1v) is 12.1. The van der Waals surface area contributed by atoms with Crippen molar-refractivity contribution in [3.8, 4) is 23.3 Å². The third kappa shape index (κ3) is 6.13. The van der Waals surface area contributed by atoms with Gasteiger partial charge < -0.3 is 14.8 Å². The van der Waals surface area contributed by atoms with Crippen LogP contribution in [0.3, 0.4) is 0 Å². The molecule has 3 aromatic rings. The van der Waals surface area contributed by atoms with Gasteiger partial charge in [0.05, 0.1) is 22.2 Å². The van der Waals surface area contributed by atoms with Crippen molar-refractivity contribution < 1.29 is 22.7 Å². The zero-order valence-electron chi connectivity index (χ0n) is 18.9. The molecule has 0 aliphatic heterocycles. The van der Waals surface area contributed by atoms with Gasteiger partial charge >= 0.3 is 0 Å². The van der Waals surface area contributed by atoms with Gasteiger partial charge in [0.15, 0.2) is 12.4 Å². The van der Waals surface area contributed by atoms with Crippen molar-refractivity contribution in [2.75, 3.05) is 25.0 Å². The number of carbonyl (C=O) groups excluding carboxylic acids is 1. The predicted molar refractivity (Wildman–Crippen MR) is 128 cm³/mol. The average Bonchev–Trinajstić information content (AvgIpc) is 2.85. The zero-order chi connectivity index (χ0) is 24.6. The number of sulfonamides is 1. The Morgan fingerprint density at radius 1 is 0.971 bits per heavy atom. The highest BCUT2D eigenvalue weighted by Crippen LogP contribution is 2.32. The molecule has 0 unspecified atom stereocenters. The van der Waals surface area contributed by atoms with Crippen molar-refractivity contribution in [1.82, 2.24) is 4.31 Å². The number of benzene rings is 3. The van der Waals surface area contributed by atoms with E-state index in [-0.39, 0.29) is 22.9 Å². The van der Waals surface area contributed by atoms with Crippen LogP contribution in [0, 0.1) is 11.3 Å². The van der Waals surface area contributed by atoms with Crippen molar-refractivity contribution in [2.24, 2.45) is 0 Å². The Balaban J connectivity index is 1.84. The summed E-state index contributed by atoms with van der Waals surface area (Å²) in [7, 11) is -3.74. The Kier molecular flexibility index (Phi) is 8.24. The predicted octanol–water partition coefficient (Wildman–Crippen LogP) is 4.40. The lowest BCUT2D eigenvalue weighted by atomic mass is 10.2. The standard InChI is InChI=1S/C25H25N3O5S/c1-3-28(4-2)34(30,31)22-14-15-24(33-21-8-6-5-7-9-21)23(16-22)27-25(29)18-32-20-12-10-19(17-26)11-13-20/h5-16H,3-4,18H2,1-2H3,(H,27,29). The van der Waals surface area contributed by atoms with E-state index in [1.807, 2.05) is 12.1 Å². The SMILES string of the molecule is CCN(CC)S(=O)(=O)c1ccc(Oc2ccccc2)c(NC(=O)COc2ccc(C#N)cc2)c1. The summed E-state index contributed by atoms with van der Waals surface area (Å²) in [6.45, 7) is 3.85. The van der Waals surface area contributed by atoms with Gasteiger partial charge in [0.1, 0.15) is 11.5 Å². The third-order valence-corrected chi connectivity index (χ3v) is 6.94. The van der Waals surface area contributed by atoms with E-state index >= 15 is 0 Å². The number of nitrogens with zero attached hydrogens (tertiary/aromatic N) is 2. The van der Waals surface area contributed by atoms with E-state index in [2.05, 4.69) is 5.32 Å². The molecule has 1 amide bonds. The first-order valence-electron chi connectivity index (χ1n) is 10.7. The largest absolute Gasteiger partial charge is 0.484 e. The normalized spacial score (nSPS) is 11.0. The van der Waals surface area contributed by atoms with Gasteiger partial charge in [-0.25, -0.2) is 8.42 Å². The van der Waals surface area contributed by atoms with E-state index in [0.29, 0.717) is 30.2 Å². The zero-order valence-corrected chi connectivity index (χ0v) is 19.7. The first kappa shape index (κ1) is 24.8. The van der Waals surface area contributed by atoms with Crippen LogP contribution < -0.4 is 14.8 Å². The van der Waals surface area contributed by atoms with Gasteiger partial charge in [-0.2, -0.15) is 9.57 Å². The fraction of sp³-hybridized carbons (Fsp3) is 0.200. The number of carbonyl (C=O) groups is 1. The monoisotopic (exact) mass is 479 g/mol. The van der Waals surface area contributed by atoms with E-state index < -0.39 is 15.9 Å². The molecule has 1 N–H and O–H groups in total. The molecule has 0 bridgehead atoms. The summed E-state index contributed by atoms with van der Waals surface area (Å²) in [6.07, 6.45) is 0. The number of amides is 1. The van der Waals surface area contributed by atoms with Crippen molar-refractivity contribution in [2.45, 2.75) is 18.7 Å². The van der Waals surface area contributed by atoms with Crippen molar-refractivity contribution in [1.29, 1.82) is 5.26 Å². The molecule has 176 valence electrons. The first-order chi connectivity index (χ1) is 16.4. The topological polar surface area (TPSA) is 109 Å². The highest BCUT2D eigenvalue weighted by molar-refractivity contribution is 7.89. The summed E-state index contributed by atoms with van der Waals surface area (Å²) < 4.78 is 38.7. The number of nitrogens with one attached hydrogen (secondary N) is 1. The van der Waals surface area contributed by atoms with Crippen LogP contribution in [0.15, 0.2) is 77.7 Å². The van der Waals surface area contributed by atoms with Gasteiger partial charge in [-0.05, 0) is 54.6 Å². The second-order valence-electron chi connectivity index (χ2n) is 7.14. The lowest BCUT2D eigenvalue weighted by molar-refractivity contribution is -0.118. The van der Waals surface area contributed by atoms with Crippen molar-refractivity contribution in [3.05, 3.63) is 78.4 Å². The van der Waals surface area contributed by atoms with E-state index in [0.717, 1.165) is 0 Å². The molecule has 8 nitrogen and oxygen atoms in total. The number of rotatable bonds is 10. The maximum Gasteiger partial charge on any atom is 0.262 e. The van der Waals surface area contributed by atoms with Crippen LogP contribution in [0.5, 0.6) is 17.2 Å². The fourth-order valence-electron chi connectivity index (χ4n) is 3.15. The second-order valence-corrected chi connectivity index (χ2v) is 9.07. The van der Waals surface area contributed by atoms with Crippen LogP contribution in [-0.2, 0) is 14.8 Å². The van der Waals surface area contributed by atoms with Crippen LogP contribution in [0.4, 0.5) is 5.69 Å². The van der Waals surface area contributed by atoms with Crippen LogP contribution in [0.2, 0.25) is 0 Å². The van der Waals surface area contributed by atoms with Gasteiger partial charge in [-0.1, -0.05) is 32.0 Å². The summed E-state index contributed by atoms with van der Waals surface area (Å²) in [5.41, 5.74) is 0.677. The highest BCUT2D eigenvalue weighted by Gasteiger charge is 2.23. The molecule has 0 saturated heterocycles. The summed E-state index contributed by atoms with van der Waals surface area (Å²) in [4.78, 5) is 12.7. The average molecular weight is 480 g/mol. The number of hydrogen-bond donors (Lipinski definition) is 1. The summed E-state index contributed by atoms with van der Waals surface area (Å²) >= 11 is 0. The molecule has 0 aliphatic carbocycles. The fourth-order valence-corrected chi connectivity index (χ4v) is 4.63. The molecular weight excluding hydrogens is 454 g/mol. The molecule has 0 aromatic heterocycles. The van der Waals surface area contributed by atoms with Crippen LogP contribution in [-0.4, -0.2) is 38.3 Å². The Labute approximate surface area is 199 Å². The van der Waals surface area contributed by atoms with E-state index in [1.54, 1.807) is 62.4 Å². The van der Waals surface area contributed by atoms with E-state index in [9.17, 15) is 13.2 Å². The Hall–Kier alpha value is -3.87. The van der Waals surface area contributed by atoms with Crippen LogP contribution in [0.25, 0.3) is 0 Å². The Bertz CT molecular complexity index is 1270. The van der Waals surface area contributed by atoms with Gasteiger partial charge in [-0.3, -0.25) is 4.79 Å². The molecule has 3 rings (SSSR count). The summed E-state index contributed by atoms with van der Waals surface area (Å²) in [5, 5.41) is 11.6. The maximum absolute atomic E-state index is 13.0. The lowest BCUT2D eigenvalue weighted by Crippen LogP contribution is -2.30. The smallest absolute Gasteiger partial charge is 0.262 e. The molecule has 3 aromatic carbocycles. The van der Waals surface area contributed by atoms with Gasteiger partial charge in [0, 0.05) is 13.1 Å². The molecule has 0 fully saturated rings. The number of hydrogen-bond acceptors (Lipinski definition) is 6. The molecule has 9 heteroatoms. The van der Waals surface area contributed by atoms with Gasteiger partial charge in [-0.15, -0.1) is 0 Å². The lowest BCUT2D eigenvalue weighted by Gasteiger charge is -2.20. The number of para-hydroxylation sites is 1.